The van der Waals surface area contributed by atoms with E-state index in [1.54, 1.807) is 6.92 Å². The molecule has 1 N–H and O–H groups in total. The molecule has 1 fully saturated rings. The van der Waals surface area contributed by atoms with Crippen LogP contribution in [0.25, 0.3) is 0 Å². The van der Waals surface area contributed by atoms with Gasteiger partial charge in [0.15, 0.2) is 5.69 Å². The SMILES string of the molecule is Cc1n[nH]nc1C(=O)N(Cc1c(C)nn(C)c1C)C1CC1. The lowest BCUT2D eigenvalue weighted by atomic mass is 10.1. The van der Waals surface area contributed by atoms with Crippen LogP contribution in [0.2, 0.25) is 0 Å². The van der Waals surface area contributed by atoms with Crippen LogP contribution in [0.5, 0.6) is 0 Å². The van der Waals surface area contributed by atoms with Gasteiger partial charge in [-0.15, -0.1) is 0 Å². The van der Waals surface area contributed by atoms with Crippen molar-refractivity contribution in [1.29, 1.82) is 0 Å². The molecule has 2 aromatic heterocycles. The van der Waals surface area contributed by atoms with Crippen molar-refractivity contribution in [2.45, 2.75) is 46.2 Å². The molecule has 0 atom stereocenters. The number of nitrogens with one attached hydrogen (secondary N) is 1. The molecule has 2 aromatic rings. The number of carbonyl (C=O) groups excluding carboxylic acids is 1. The fourth-order valence-corrected chi connectivity index (χ4v) is 2.59. The normalized spacial score (nSPS) is 14.5. The minimum absolute atomic E-state index is 0.0496. The fraction of sp³-hybridized carbons (Fsp3) is 0.571. The van der Waals surface area contributed by atoms with Crippen LogP contribution < -0.4 is 0 Å². The van der Waals surface area contributed by atoms with Gasteiger partial charge in [-0.1, -0.05) is 0 Å². The Bertz CT molecular complexity index is 682. The molecule has 0 saturated heterocycles. The molecule has 0 aromatic carbocycles. The van der Waals surface area contributed by atoms with Crippen LogP contribution in [0.3, 0.4) is 0 Å². The molecule has 1 aliphatic carbocycles. The lowest BCUT2D eigenvalue weighted by molar-refractivity contribution is 0.0722. The van der Waals surface area contributed by atoms with Gasteiger partial charge in [0.05, 0.1) is 11.4 Å². The highest BCUT2D eigenvalue weighted by atomic mass is 16.2. The molecule has 1 aliphatic rings. The predicted molar refractivity (Wildman–Crippen MR) is 76.7 cm³/mol. The number of carbonyl (C=O) groups is 1. The zero-order valence-electron chi connectivity index (χ0n) is 12.8. The third-order valence-corrected chi connectivity index (χ3v) is 4.16. The van der Waals surface area contributed by atoms with Crippen molar-refractivity contribution in [3.05, 3.63) is 28.3 Å². The lowest BCUT2D eigenvalue weighted by Crippen LogP contribution is -2.33. The molecule has 0 aliphatic heterocycles. The minimum atomic E-state index is -0.0496. The second kappa shape index (κ2) is 4.98. The number of aromatic amines is 1. The quantitative estimate of drug-likeness (QED) is 0.918. The second-order valence-corrected chi connectivity index (χ2v) is 5.69. The monoisotopic (exact) mass is 288 g/mol. The Hall–Kier alpha value is -2.18. The topological polar surface area (TPSA) is 79.7 Å². The maximum absolute atomic E-state index is 12.7. The molecule has 0 spiro atoms. The number of nitrogens with zero attached hydrogens (tertiary/aromatic N) is 5. The zero-order valence-corrected chi connectivity index (χ0v) is 12.8. The molecular weight excluding hydrogens is 268 g/mol. The summed E-state index contributed by atoms with van der Waals surface area (Å²) in [5.41, 5.74) is 4.26. The van der Waals surface area contributed by atoms with Crippen LogP contribution >= 0.6 is 0 Å². The Morgan fingerprint density at radius 2 is 2.00 bits per heavy atom. The summed E-state index contributed by atoms with van der Waals surface area (Å²) in [7, 11) is 1.93. The van der Waals surface area contributed by atoms with Crippen molar-refractivity contribution < 1.29 is 4.79 Å². The third-order valence-electron chi connectivity index (χ3n) is 4.16. The van der Waals surface area contributed by atoms with E-state index >= 15 is 0 Å². The molecule has 1 saturated carbocycles. The van der Waals surface area contributed by atoms with E-state index in [1.807, 2.05) is 30.5 Å². The molecule has 0 unspecified atom stereocenters. The molecular formula is C14H20N6O. The van der Waals surface area contributed by atoms with E-state index in [1.165, 1.54) is 0 Å². The van der Waals surface area contributed by atoms with Crippen molar-refractivity contribution in [2.75, 3.05) is 0 Å². The van der Waals surface area contributed by atoms with Gasteiger partial charge in [-0.25, -0.2) is 0 Å². The highest BCUT2D eigenvalue weighted by Crippen LogP contribution is 2.30. The number of rotatable bonds is 4. The van der Waals surface area contributed by atoms with E-state index in [0.717, 1.165) is 29.8 Å². The highest BCUT2D eigenvalue weighted by Gasteiger charge is 2.35. The summed E-state index contributed by atoms with van der Waals surface area (Å²) < 4.78 is 1.86. The molecule has 2 heterocycles. The van der Waals surface area contributed by atoms with Crippen LogP contribution in [-0.4, -0.2) is 42.0 Å². The van der Waals surface area contributed by atoms with Crippen LogP contribution in [-0.2, 0) is 13.6 Å². The average Bonchev–Trinajstić information content (AvgIpc) is 3.14. The summed E-state index contributed by atoms with van der Waals surface area (Å²) in [6.07, 6.45) is 2.11. The minimum Gasteiger partial charge on any atom is -0.330 e. The maximum Gasteiger partial charge on any atom is 0.276 e. The molecule has 7 heteroatoms. The van der Waals surface area contributed by atoms with Crippen LogP contribution in [0.15, 0.2) is 0 Å². The van der Waals surface area contributed by atoms with Gasteiger partial charge in [0.2, 0.25) is 0 Å². The van der Waals surface area contributed by atoms with Crippen molar-refractivity contribution in [2.24, 2.45) is 7.05 Å². The van der Waals surface area contributed by atoms with Crippen LogP contribution in [0.4, 0.5) is 0 Å². The van der Waals surface area contributed by atoms with Gasteiger partial charge < -0.3 is 4.90 Å². The average molecular weight is 288 g/mol. The molecule has 7 nitrogen and oxygen atoms in total. The van der Waals surface area contributed by atoms with Crippen molar-refractivity contribution >= 4 is 5.91 Å². The second-order valence-electron chi connectivity index (χ2n) is 5.69. The van der Waals surface area contributed by atoms with E-state index in [0.29, 0.717) is 24.0 Å². The van der Waals surface area contributed by atoms with Crippen LogP contribution in [0, 0.1) is 20.8 Å². The number of amides is 1. The maximum atomic E-state index is 12.7. The summed E-state index contributed by atoms with van der Waals surface area (Å²) in [5.74, 6) is -0.0496. The van der Waals surface area contributed by atoms with E-state index < -0.39 is 0 Å². The van der Waals surface area contributed by atoms with Gasteiger partial charge in [0.25, 0.3) is 5.91 Å². The highest BCUT2D eigenvalue weighted by molar-refractivity contribution is 5.93. The molecule has 1 amide bonds. The smallest absolute Gasteiger partial charge is 0.276 e. The number of H-pyrrole nitrogens is 1. The van der Waals surface area contributed by atoms with Gasteiger partial charge >= 0.3 is 0 Å². The number of hydrogen-bond donors (Lipinski definition) is 1. The Morgan fingerprint density at radius 3 is 2.48 bits per heavy atom. The Balaban J connectivity index is 1.89. The summed E-state index contributed by atoms with van der Waals surface area (Å²) >= 11 is 0. The van der Waals surface area contributed by atoms with Crippen molar-refractivity contribution in [3.63, 3.8) is 0 Å². The van der Waals surface area contributed by atoms with Gasteiger partial charge in [-0.3, -0.25) is 9.48 Å². The first-order chi connectivity index (χ1) is 9.99. The standard InChI is InChI=1S/C14H20N6O/c1-8-12(10(3)19(4)17-8)7-20(11-5-6-11)14(21)13-9(2)15-18-16-13/h11H,5-7H2,1-4H3,(H,15,16,18). The summed E-state index contributed by atoms with van der Waals surface area (Å²) in [5, 5.41) is 14.9. The summed E-state index contributed by atoms with van der Waals surface area (Å²) in [6.45, 7) is 6.40. The molecule has 3 rings (SSSR count). The zero-order chi connectivity index (χ0) is 15.1. The lowest BCUT2D eigenvalue weighted by Gasteiger charge is -2.22. The first kappa shape index (κ1) is 13.8. The number of hydrogen-bond acceptors (Lipinski definition) is 4. The Kier molecular flexibility index (Phi) is 3.27. The Morgan fingerprint density at radius 1 is 1.29 bits per heavy atom. The van der Waals surface area contributed by atoms with Gasteiger partial charge in [0.1, 0.15) is 0 Å². The first-order valence-corrected chi connectivity index (χ1v) is 7.16. The molecule has 112 valence electrons. The number of aromatic nitrogens is 5. The van der Waals surface area contributed by atoms with Gasteiger partial charge in [0, 0.05) is 30.9 Å². The largest absolute Gasteiger partial charge is 0.330 e. The number of aryl methyl sites for hydroxylation is 3. The van der Waals surface area contributed by atoms with Crippen molar-refractivity contribution in [3.8, 4) is 0 Å². The summed E-state index contributed by atoms with van der Waals surface area (Å²) in [6, 6.07) is 0.313. The van der Waals surface area contributed by atoms with Gasteiger partial charge in [-0.2, -0.15) is 20.5 Å². The van der Waals surface area contributed by atoms with Crippen molar-refractivity contribution in [1.82, 2.24) is 30.1 Å². The van der Waals surface area contributed by atoms with E-state index in [4.69, 9.17) is 0 Å². The molecule has 0 bridgehead atoms. The van der Waals surface area contributed by atoms with Crippen LogP contribution in [0.1, 0.15) is 46.0 Å². The summed E-state index contributed by atoms with van der Waals surface area (Å²) in [4.78, 5) is 14.6. The van der Waals surface area contributed by atoms with Gasteiger partial charge in [-0.05, 0) is 33.6 Å². The van der Waals surface area contributed by atoms with E-state index in [2.05, 4.69) is 20.5 Å². The predicted octanol–water partition coefficient (Wildman–Crippen LogP) is 1.27. The fourth-order valence-electron chi connectivity index (χ4n) is 2.59. The molecule has 0 radical (unpaired) electrons. The van der Waals surface area contributed by atoms with E-state index in [9.17, 15) is 4.79 Å². The first-order valence-electron chi connectivity index (χ1n) is 7.16. The van der Waals surface area contributed by atoms with E-state index in [-0.39, 0.29) is 5.91 Å². The third kappa shape index (κ3) is 2.43. The Labute approximate surface area is 123 Å². The molecule has 21 heavy (non-hydrogen) atoms.